The van der Waals surface area contributed by atoms with E-state index in [-0.39, 0.29) is 11.9 Å². The van der Waals surface area contributed by atoms with Gasteiger partial charge in [0.2, 0.25) is 5.91 Å². The number of carbonyl (C=O) groups is 1. The zero-order valence-electron chi connectivity index (χ0n) is 14.0. The first-order chi connectivity index (χ1) is 12.2. The zero-order valence-corrected chi connectivity index (χ0v) is 15.5. The molecule has 0 radical (unpaired) electrons. The van der Waals surface area contributed by atoms with E-state index in [4.69, 9.17) is 4.74 Å². The molecule has 1 atom stereocenters. The first-order valence-corrected chi connectivity index (χ1v) is 9.17. The van der Waals surface area contributed by atoms with Crippen LogP contribution in [0.3, 0.4) is 0 Å². The summed E-state index contributed by atoms with van der Waals surface area (Å²) in [4.78, 5) is 17.9. The molecule has 0 saturated carbocycles. The van der Waals surface area contributed by atoms with Crippen LogP contribution in [-0.4, -0.2) is 29.4 Å². The molecule has 1 unspecified atom stereocenters. The van der Waals surface area contributed by atoms with E-state index >= 15 is 0 Å². The van der Waals surface area contributed by atoms with E-state index in [9.17, 15) is 4.79 Å². The molecule has 0 spiro atoms. The molecule has 1 aliphatic heterocycles. The van der Waals surface area contributed by atoms with Crippen LogP contribution in [0.5, 0.6) is 5.75 Å². The first-order valence-electron chi connectivity index (χ1n) is 8.38. The Hall–Kier alpha value is -2.27. The summed E-state index contributed by atoms with van der Waals surface area (Å²) in [6.07, 6.45) is 3.54. The van der Waals surface area contributed by atoms with Crippen molar-refractivity contribution in [3.8, 4) is 5.75 Å². The van der Waals surface area contributed by atoms with Crippen LogP contribution in [0.25, 0.3) is 10.9 Å². The molecular weight excluding hydrogens is 380 g/mol. The number of amides is 1. The Balaban J connectivity index is 1.92. The number of nitrogens with one attached hydrogen (secondary N) is 1. The van der Waals surface area contributed by atoms with Gasteiger partial charge < -0.3 is 14.6 Å². The number of hydrogen-bond acceptors (Lipinski definition) is 2. The second kappa shape index (κ2) is 6.56. The van der Waals surface area contributed by atoms with Crippen LogP contribution in [0.4, 0.5) is 0 Å². The van der Waals surface area contributed by atoms with Gasteiger partial charge >= 0.3 is 0 Å². The van der Waals surface area contributed by atoms with Gasteiger partial charge in [-0.1, -0.05) is 34.1 Å². The molecule has 5 heteroatoms. The molecule has 1 N–H and O–H groups in total. The normalized spacial score (nSPS) is 15.8. The van der Waals surface area contributed by atoms with Crippen molar-refractivity contribution in [1.29, 1.82) is 0 Å². The molecule has 0 bridgehead atoms. The van der Waals surface area contributed by atoms with Crippen molar-refractivity contribution in [1.82, 2.24) is 9.88 Å². The van der Waals surface area contributed by atoms with Gasteiger partial charge in [-0.3, -0.25) is 4.79 Å². The Bertz CT molecular complexity index is 934. The predicted molar refractivity (Wildman–Crippen MR) is 102 cm³/mol. The van der Waals surface area contributed by atoms with Crippen molar-refractivity contribution in [3.05, 3.63) is 64.3 Å². The fraction of sp³-hybridized carbons (Fsp3) is 0.250. The molecule has 2 aromatic carbocycles. The lowest BCUT2D eigenvalue weighted by Crippen LogP contribution is -2.30. The highest BCUT2D eigenvalue weighted by atomic mass is 79.9. The lowest BCUT2D eigenvalue weighted by Gasteiger charge is -2.29. The maximum Gasteiger partial charge on any atom is 0.223 e. The summed E-state index contributed by atoms with van der Waals surface area (Å²) in [5.74, 6) is 1.02. The standard InChI is InChI=1S/C20H19BrN2O2/c1-25-13-8-9-18-15(11-13)16(12-22-18)20(23-10-4-7-19(23)24)14-5-2-3-6-17(14)21/h2-3,5-6,8-9,11-12,20,22H,4,7,10H2,1H3. The lowest BCUT2D eigenvalue weighted by atomic mass is 9.96. The Kier molecular flexibility index (Phi) is 4.25. The number of methoxy groups -OCH3 is 1. The van der Waals surface area contributed by atoms with Gasteiger partial charge in [0.25, 0.3) is 0 Å². The van der Waals surface area contributed by atoms with E-state index in [0.717, 1.165) is 45.2 Å². The third-order valence-electron chi connectivity index (χ3n) is 4.84. The molecule has 1 aromatic heterocycles. The molecule has 1 saturated heterocycles. The molecule has 128 valence electrons. The van der Waals surface area contributed by atoms with Crippen LogP contribution in [0.15, 0.2) is 53.1 Å². The highest BCUT2D eigenvalue weighted by Gasteiger charge is 2.32. The molecular formula is C20H19BrN2O2. The molecule has 3 aromatic rings. The maximum absolute atomic E-state index is 12.5. The summed E-state index contributed by atoms with van der Waals surface area (Å²) >= 11 is 3.67. The summed E-state index contributed by atoms with van der Waals surface area (Å²) in [7, 11) is 1.67. The number of aromatic amines is 1. The van der Waals surface area contributed by atoms with Gasteiger partial charge in [-0.2, -0.15) is 0 Å². The van der Waals surface area contributed by atoms with Gasteiger partial charge in [0.15, 0.2) is 0 Å². The zero-order chi connectivity index (χ0) is 17.4. The van der Waals surface area contributed by atoms with Gasteiger partial charge in [-0.05, 0) is 36.2 Å². The van der Waals surface area contributed by atoms with Gasteiger partial charge in [0.1, 0.15) is 5.75 Å². The van der Waals surface area contributed by atoms with Crippen molar-refractivity contribution in [2.45, 2.75) is 18.9 Å². The van der Waals surface area contributed by atoms with Crippen molar-refractivity contribution in [2.24, 2.45) is 0 Å². The van der Waals surface area contributed by atoms with E-state index < -0.39 is 0 Å². The number of carbonyl (C=O) groups excluding carboxylic acids is 1. The van der Waals surface area contributed by atoms with Gasteiger partial charge in [0.05, 0.1) is 13.2 Å². The summed E-state index contributed by atoms with van der Waals surface area (Å²) < 4.78 is 6.41. The summed E-state index contributed by atoms with van der Waals surface area (Å²) in [6, 6.07) is 14.0. The number of fused-ring (bicyclic) bond motifs is 1. The number of nitrogens with zero attached hydrogens (tertiary/aromatic N) is 1. The largest absolute Gasteiger partial charge is 0.497 e. The highest BCUT2D eigenvalue weighted by molar-refractivity contribution is 9.10. The third-order valence-corrected chi connectivity index (χ3v) is 5.56. The van der Waals surface area contributed by atoms with Gasteiger partial charge in [-0.15, -0.1) is 0 Å². The molecule has 1 fully saturated rings. The van der Waals surface area contributed by atoms with E-state index in [2.05, 4.69) is 27.0 Å². The van der Waals surface area contributed by atoms with Crippen LogP contribution in [0, 0.1) is 0 Å². The monoisotopic (exact) mass is 398 g/mol. The van der Waals surface area contributed by atoms with Crippen LogP contribution < -0.4 is 4.74 Å². The summed E-state index contributed by atoms with van der Waals surface area (Å²) in [6.45, 7) is 0.779. The Morgan fingerprint density at radius 2 is 2.04 bits per heavy atom. The molecule has 2 heterocycles. The molecule has 4 rings (SSSR count). The number of likely N-dealkylation sites (tertiary alicyclic amines) is 1. The number of benzene rings is 2. The second-order valence-corrected chi connectivity index (χ2v) is 7.12. The molecule has 4 nitrogen and oxygen atoms in total. The van der Waals surface area contributed by atoms with E-state index in [1.165, 1.54) is 0 Å². The minimum atomic E-state index is -0.119. The van der Waals surface area contributed by atoms with Crippen molar-refractivity contribution < 1.29 is 9.53 Å². The van der Waals surface area contributed by atoms with Gasteiger partial charge in [-0.25, -0.2) is 0 Å². The number of ether oxygens (including phenoxy) is 1. The molecule has 1 amide bonds. The van der Waals surface area contributed by atoms with Crippen LogP contribution >= 0.6 is 15.9 Å². The van der Waals surface area contributed by atoms with Crippen LogP contribution in [-0.2, 0) is 4.79 Å². The topological polar surface area (TPSA) is 45.3 Å². The maximum atomic E-state index is 12.5. The lowest BCUT2D eigenvalue weighted by molar-refractivity contribution is -0.129. The van der Waals surface area contributed by atoms with E-state index in [1.54, 1.807) is 7.11 Å². The number of hydrogen-bond donors (Lipinski definition) is 1. The second-order valence-electron chi connectivity index (χ2n) is 6.27. The number of aromatic nitrogens is 1. The van der Waals surface area contributed by atoms with Crippen LogP contribution in [0.1, 0.15) is 30.0 Å². The predicted octanol–water partition coefficient (Wildman–Crippen LogP) is 4.65. The van der Waals surface area contributed by atoms with Crippen molar-refractivity contribution in [3.63, 3.8) is 0 Å². The quantitative estimate of drug-likeness (QED) is 0.694. The van der Waals surface area contributed by atoms with E-state index in [1.807, 2.05) is 47.5 Å². The highest BCUT2D eigenvalue weighted by Crippen LogP contribution is 2.39. The number of rotatable bonds is 4. The minimum Gasteiger partial charge on any atom is -0.497 e. The fourth-order valence-electron chi connectivity index (χ4n) is 3.62. The molecule has 25 heavy (non-hydrogen) atoms. The Morgan fingerprint density at radius 3 is 2.76 bits per heavy atom. The fourth-order valence-corrected chi connectivity index (χ4v) is 4.12. The molecule has 0 aliphatic carbocycles. The Morgan fingerprint density at radius 1 is 1.20 bits per heavy atom. The van der Waals surface area contributed by atoms with E-state index in [0.29, 0.717) is 6.42 Å². The molecule has 1 aliphatic rings. The SMILES string of the molecule is COc1ccc2[nH]cc(C(c3ccccc3Br)N3CCCC3=O)c2c1. The van der Waals surface area contributed by atoms with Crippen LogP contribution in [0.2, 0.25) is 0 Å². The van der Waals surface area contributed by atoms with Crippen molar-refractivity contribution >= 4 is 32.7 Å². The minimum absolute atomic E-state index is 0.119. The summed E-state index contributed by atoms with van der Waals surface area (Å²) in [5, 5.41) is 1.08. The van der Waals surface area contributed by atoms with Crippen molar-refractivity contribution in [2.75, 3.05) is 13.7 Å². The third kappa shape index (κ3) is 2.82. The smallest absolute Gasteiger partial charge is 0.223 e. The average Bonchev–Trinajstić information content (AvgIpc) is 3.23. The first kappa shape index (κ1) is 16.2. The summed E-state index contributed by atoms with van der Waals surface area (Å²) in [5.41, 5.74) is 3.23. The number of halogens is 1. The Labute approximate surface area is 154 Å². The average molecular weight is 399 g/mol. The van der Waals surface area contributed by atoms with Gasteiger partial charge in [0, 0.05) is 40.1 Å². The number of H-pyrrole nitrogens is 1.